The van der Waals surface area contributed by atoms with Gasteiger partial charge in [0.2, 0.25) is 0 Å². The van der Waals surface area contributed by atoms with Crippen molar-refractivity contribution in [3.8, 4) is 0 Å². The Balaban J connectivity index is 2.15. The minimum absolute atomic E-state index is 0.734. The van der Waals surface area contributed by atoms with Crippen LogP contribution in [0.4, 0.5) is 0 Å². The summed E-state index contributed by atoms with van der Waals surface area (Å²) in [4.78, 5) is 0. The van der Waals surface area contributed by atoms with Gasteiger partial charge in [0, 0.05) is 11.8 Å². The predicted octanol–water partition coefficient (Wildman–Crippen LogP) is 5.58. The number of allylic oxidation sites excluding steroid dienone is 3. The molecule has 1 N–H and O–H groups in total. The van der Waals surface area contributed by atoms with E-state index in [9.17, 15) is 0 Å². The molecular formula is C19H35NS. The topological polar surface area (TPSA) is 12.0 Å². The minimum atomic E-state index is 0.734. The van der Waals surface area contributed by atoms with Crippen molar-refractivity contribution in [3.05, 3.63) is 23.8 Å². The smallest absolute Gasteiger partial charge is 0.0181 e. The van der Waals surface area contributed by atoms with E-state index in [2.05, 4.69) is 56.1 Å². The Morgan fingerprint density at radius 3 is 2.71 bits per heavy atom. The van der Waals surface area contributed by atoms with Gasteiger partial charge in [0.05, 0.1) is 0 Å². The predicted molar refractivity (Wildman–Crippen MR) is 99.2 cm³/mol. The Labute approximate surface area is 137 Å². The molecule has 1 nitrogen and oxygen atoms in total. The van der Waals surface area contributed by atoms with E-state index in [0.29, 0.717) is 0 Å². The lowest BCUT2D eigenvalue weighted by molar-refractivity contribution is 0.456. The average molecular weight is 310 g/mol. The van der Waals surface area contributed by atoms with Crippen LogP contribution in [0.5, 0.6) is 0 Å². The lowest BCUT2D eigenvalue weighted by Crippen LogP contribution is -2.30. The zero-order valence-corrected chi connectivity index (χ0v) is 15.2. The molecule has 2 unspecified atom stereocenters. The highest BCUT2D eigenvalue weighted by Crippen LogP contribution is 2.22. The molecule has 1 aliphatic rings. The van der Waals surface area contributed by atoms with Gasteiger partial charge in [0.15, 0.2) is 0 Å². The molecule has 0 spiro atoms. The minimum Gasteiger partial charge on any atom is -0.314 e. The van der Waals surface area contributed by atoms with Gasteiger partial charge >= 0.3 is 0 Å². The third kappa shape index (κ3) is 8.73. The first-order valence-corrected chi connectivity index (χ1v) is 10.1. The van der Waals surface area contributed by atoms with Crippen molar-refractivity contribution in [1.82, 2.24) is 5.32 Å². The highest BCUT2D eigenvalue weighted by molar-refractivity contribution is 7.99. The zero-order valence-electron chi connectivity index (χ0n) is 14.4. The third-order valence-corrected chi connectivity index (χ3v) is 5.32. The fourth-order valence-corrected chi connectivity index (χ4v) is 3.73. The van der Waals surface area contributed by atoms with Crippen LogP contribution < -0.4 is 5.32 Å². The van der Waals surface area contributed by atoms with Gasteiger partial charge in [0.25, 0.3) is 0 Å². The van der Waals surface area contributed by atoms with Crippen LogP contribution >= 0.6 is 11.8 Å². The molecule has 0 aromatic carbocycles. The molecular weight excluding hydrogens is 274 g/mol. The molecule has 1 rings (SSSR count). The lowest BCUT2D eigenvalue weighted by Gasteiger charge is -2.18. The van der Waals surface area contributed by atoms with Crippen LogP contribution in [-0.4, -0.2) is 24.1 Å². The van der Waals surface area contributed by atoms with Crippen molar-refractivity contribution in [3.63, 3.8) is 0 Å². The number of thioether (sulfide) groups is 1. The van der Waals surface area contributed by atoms with E-state index in [1.807, 2.05) is 0 Å². The van der Waals surface area contributed by atoms with E-state index in [4.69, 9.17) is 0 Å². The molecule has 21 heavy (non-hydrogen) atoms. The number of unbranched alkanes of at least 4 members (excludes halogenated alkanes) is 1. The van der Waals surface area contributed by atoms with Crippen LogP contribution in [0.2, 0.25) is 0 Å². The van der Waals surface area contributed by atoms with Gasteiger partial charge in [-0.25, -0.2) is 0 Å². The summed E-state index contributed by atoms with van der Waals surface area (Å²) < 4.78 is 0. The summed E-state index contributed by atoms with van der Waals surface area (Å²) >= 11 is 2.10. The Bertz CT molecular complexity index is 301. The van der Waals surface area contributed by atoms with Crippen molar-refractivity contribution in [1.29, 1.82) is 0 Å². The fourth-order valence-electron chi connectivity index (χ4n) is 2.68. The van der Waals surface area contributed by atoms with Gasteiger partial charge in [0.1, 0.15) is 0 Å². The van der Waals surface area contributed by atoms with Gasteiger partial charge in [-0.3, -0.25) is 0 Å². The average Bonchev–Trinajstić information content (AvgIpc) is 2.53. The highest BCUT2D eigenvalue weighted by atomic mass is 32.2. The molecule has 2 atom stereocenters. The second-order valence-electron chi connectivity index (χ2n) is 6.18. The van der Waals surface area contributed by atoms with E-state index in [0.717, 1.165) is 12.0 Å². The summed E-state index contributed by atoms with van der Waals surface area (Å²) in [5, 5.41) is 3.71. The Kier molecular flexibility index (Phi) is 11.1. The monoisotopic (exact) mass is 309 g/mol. The SMILES string of the molecule is CCCCC(CCSCC1=CCC(CC)C=C1)NCCC. The fraction of sp³-hybridized carbons (Fsp3) is 0.789. The van der Waals surface area contributed by atoms with Crippen molar-refractivity contribution >= 4 is 11.8 Å². The molecule has 0 amide bonds. The summed E-state index contributed by atoms with van der Waals surface area (Å²) in [5.41, 5.74) is 1.54. The number of nitrogens with one attached hydrogen (secondary N) is 1. The van der Waals surface area contributed by atoms with Crippen molar-refractivity contribution in [2.45, 2.75) is 71.8 Å². The van der Waals surface area contributed by atoms with E-state index < -0.39 is 0 Å². The molecule has 1 aliphatic carbocycles. The Morgan fingerprint density at radius 1 is 1.24 bits per heavy atom. The first-order chi connectivity index (χ1) is 10.3. The summed E-state index contributed by atoms with van der Waals surface area (Å²) in [6.07, 6.45) is 16.3. The summed E-state index contributed by atoms with van der Waals surface area (Å²) in [7, 11) is 0. The normalized spacial score (nSPS) is 19.6. The maximum atomic E-state index is 3.71. The summed E-state index contributed by atoms with van der Waals surface area (Å²) in [6.45, 7) is 7.99. The molecule has 0 aliphatic heterocycles. The first kappa shape index (κ1) is 18.8. The van der Waals surface area contributed by atoms with Crippen LogP contribution in [0.15, 0.2) is 23.8 Å². The summed E-state index contributed by atoms with van der Waals surface area (Å²) in [6, 6.07) is 0.734. The molecule has 0 heterocycles. The molecule has 0 fully saturated rings. The standard InChI is InChI=1S/C19H35NS/c1-4-7-8-19(20-14-5-2)13-15-21-16-18-11-9-17(6-3)10-12-18/h9,11-12,17,19-20H,4-8,10,13-16H2,1-3H3. The number of hydrogen-bond acceptors (Lipinski definition) is 2. The van der Waals surface area contributed by atoms with Crippen LogP contribution in [0.25, 0.3) is 0 Å². The van der Waals surface area contributed by atoms with Crippen LogP contribution in [0.1, 0.15) is 65.7 Å². The first-order valence-electron chi connectivity index (χ1n) is 8.98. The molecule has 0 radical (unpaired) electrons. The van der Waals surface area contributed by atoms with E-state index in [-0.39, 0.29) is 0 Å². The van der Waals surface area contributed by atoms with Crippen molar-refractivity contribution in [2.75, 3.05) is 18.1 Å². The molecule has 0 aromatic rings. The Hall–Kier alpha value is -0.210. The zero-order chi connectivity index (χ0) is 15.3. The molecule has 0 saturated carbocycles. The second-order valence-corrected chi connectivity index (χ2v) is 7.28. The maximum absolute atomic E-state index is 3.71. The third-order valence-electron chi connectivity index (χ3n) is 4.26. The van der Waals surface area contributed by atoms with E-state index in [1.54, 1.807) is 0 Å². The van der Waals surface area contributed by atoms with E-state index in [1.165, 1.54) is 68.6 Å². The van der Waals surface area contributed by atoms with Gasteiger partial charge in [-0.15, -0.1) is 0 Å². The molecule has 122 valence electrons. The van der Waals surface area contributed by atoms with Gasteiger partial charge in [-0.05, 0) is 55.9 Å². The maximum Gasteiger partial charge on any atom is 0.0181 e. The largest absolute Gasteiger partial charge is 0.314 e. The van der Waals surface area contributed by atoms with Gasteiger partial charge in [-0.1, -0.05) is 51.8 Å². The van der Waals surface area contributed by atoms with Gasteiger partial charge < -0.3 is 5.32 Å². The van der Waals surface area contributed by atoms with Gasteiger partial charge in [-0.2, -0.15) is 11.8 Å². The van der Waals surface area contributed by atoms with Crippen molar-refractivity contribution < 1.29 is 0 Å². The quantitative estimate of drug-likeness (QED) is 0.472. The highest BCUT2D eigenvalue weighted by Gasteiger charge is 2.09. The molecule has 0 saturated heterocycles. The Morgan fingerprint density at radius 2 is 2.10 bits per heavy atom. The van der Waals surface area contributed by atoms with Crippen molar-refractivity contribution in [2.24, 2.45) is 5.92 Å². The number of hydrogen-bond donors (Lipinski definition) is 1. The number of rotatable bonds is 12. The molecule has 0 bridgehead atoms. The second kappa shape index (κ2) is 12.3. The molecule has 0 aromatic heterocycles. The van der Waals surface area contributed by atoms with Crippen LogP contribution in [0, 0.1) is 5.92 Å². The van der Waals surface area contributed by atoms with E-state index >= 15 is 0 Å². The molecule has 2 heteroatoms. The van der Waals surface area contributed by atoms with Crippen LogP contribution in [0.3, 0.4) is 0 Å². The lowest BCUT2D eigenvalue weighted by atomic mass is 9.95. The summed E-state index contributed by atoms with van der Waals surface area (Å²) in [5.74, 6) is 3.27. The van der Waals surface area contributed by atoms with Crippen LogP contribution in [-0.2, 0) is 0 Å².